The van der Waals surface area contributed by atoms with Crippen LogP contribution in [-0.2, 0) is 19.3 Å². The summed E-state index contributed by atoms with van der Waals surface area (Å²) in [5.74, 6) is 0. The van der Waals surface area contributed by atoms with E-state index in [2.05, 4.69) is 5.10 Å². The highest BCUT2D eigenvalue weighted by Gasteiger charge is 2.34. The summed E-state index contributed by atoms with van der Waals surface area (Å²) in [6.07, 6.45) is -4.50. The Labute approximate surface area is 108 Å². The topological polar surface area (TPSA) is 38.0 Å². The normalized spacial score (nSPS) is 11.8. The van der Waals surface area contributed by atoms with Crippen molar-refractivity contribution in [2.45, 2.75) is 26.3 Å². The molecule has 0 spiro atoms. The largest absolute Gasteiger partial charge is 0.435 e. The van der Waals surface area contributed by atoms with Crippen molar-refractivity contribution in [1.29, 1.82) is 0 Å². The number of aliphatic hydroxyl groups is 1. The highest BCUT2D eigenvalue weighted by Crippen LogP contribution is 2.28. The van der Waals surface area contributed by atoms with E-state index in [1.807, 2.05) is 31.2 Å². The summed E-state index contributed by atoms with van der Waals surface area (Å²) in [6, 6.07) is 8.25. The maximum Gasteiger partial charge on any atom is 0.435 e. The Morgan fingerprint density at radius 1 is 1.26 bits per heavy atom. The van der Waals surface area contributed by atoms with Gasteiger partial charge in [0.25, 0.3) is 0 Å². The van der Waals surface area contributed by atoms with Gasteiger partial charge in [0.2, 0.25) is 0 Å². The monoisotopic (exact) mass is 270 g/mol. The van der Waals surface area contributed by atoms with Gasteiger partial charge in [-0.2, -0.15) is 18.3 Å². The third-order valence-corrected chi connectivity index (χ3v) is 2.90. The number of halogens is 3. The van der Waals surface area contributed by atoms with Gasteiger partial charge in [-0.25, -0.2) is 0 Å². The van der Waals surface area contributed by atoms with Gasteiger partial charge in [0.15, 0.2) is 5.69 Å². The van der Waals surface area contributed by atoms with Crippen molar-refractivity contribution >= 4 is 0 Å². The molecule has 2 rings (SSSR count). The van der Waals surface area contributed by atoms with Gasteiger partial charge >= 0.3 is 6.18 Å². The molecule has 0 aliphatic rings. The van der Waals surface area contributed by atoms with Crippen LogP contribution in [0.3, 0.4) is 0 Å². The average Bonchev–Trinajstić information content (AvgIpc) is 2.75. The standard InChI is InChI=1S/C13H13F3N2O/c1-9-4-2-3-5-10(9)7-18-11(8-19)6-12(17-18)13(14,15)16/h2-6,19H,7-8H2,1H3. The molecule has 0 aliphatic heterocycles. The lowest BCUT2D eigenvalue weighted by molar-refractivity contribution is -0.141. The fourth-order valence-electron chi connectivity index (χ4n) is 1.81. The van der Waals surface area contributed by atoms with E-state index in [1.165, 1.54) is 4.68 Å². The van der Waals surface area contributed by atoms with E-state index in [1.54, 1.807) is 0 Å². The highest BCUT2D eigenvalue weighted by atomic mass is 19.4. The Kier molecular flexibility index (Phi) is 3.61. The van der Waals surface area contributed by atoms with E-state index in [0.29, 0.717) is 0 Å². The van der Waals surface area contributed by atoms with E-state index < -0.39 is 18.5 Å². The summed E-state index contributed by atoms with van der Waals surface area (Å²) in [4.78, 5) is 0. The summed E-state index contributed by atoms with van der Waals surface area (Å²) in [7, 11) is 0. The average molecular weight is 270 g/mol. The smallest absolute Gasteiger partial charge is 0.390 e. The van der Waals surface area contributed by atoms with Crippen LogP contribution in [0, 0.1) is 6.92 Å². The van der Waals surface area contributed by atoms with Gasteiger partial charge in [-0.1, -0.05) is 24.3 Å². The maximum absolute atomic E-state index is 12.6. The van der Waals surface area contributed by atoms with Gasteiger partial charge < -0.3 is 5.11 Å². The van der Waals surface area contributed by atoms with Gasteiger partial charge in [-0.05, 0) is 24.1 Å². The molecule has 0 amide bonds. The van der Waals surface area contributed by atoms with E-state index in [9.17, 15) is 13.2 Å². The minimum absolute atomic E-state index is 0.149. The first-order valence-electron chi connectivity index (χ1n) is 5.71. The summed E-state index contributed by atoms with van der Waals surface area (Å²) in [6.45, 7) is 1.61. The first kappa shape index (κ1) is 13.6. The lowest BCUT2D eigenvalue weighted by atomic mass is 10.1. The molecule has 0 unspecified atom stereocenters. The number of aliphatic hydroxyl groups excluding tert-OH is 1. The first-order valence-corrected chi connectivity index (χ1v) is 5.71. The van der Waals surface area contributed by atoms with Crippen molar-refractivity contribution in [3.8, 4) is 0 Å². The predicted molar refractivity (Wildman–Crippen MR) is 63.4 cm³/mol. The number of benzene rings is 1. The molecule has 102 valence electrons. The minimum Gasteiger partial charge on any atom is -0.390 e. The van der Waals surface area contributed by atoms with Crippen molar-refractivity contribution in [3.63, 3.8) is 0 Å². The van der Waals surface area contributed by atoms with Gasteiger partial charge in [0.1, 0.15) is 0 Å². The van der Waals surface area contributed by atoms with E-state index in [4.69, 9.17) is 5.11 Å². The van der Waals surface area contributed by atoms with Crippen molar-refractivity contribution in [1.82, 2.24) is 9.78 Å². The van der Waals surface area contributed by atoms with Crippen molar-refractivity contribution < 1.29 is 18.3 Å². The molecular weight excluding hydrogens is 257 g/mol. The molecule has 0 bridgehead atoms. The Morgan fingerprint density at radius 2 is 1.95 bits per heavy atom. The van der Waals surface area contributed by atoms with Crippen LogP contribution < -0.4 is 0 Å². The third-order valence-electron chi connectivity index (χ3n) is 2.90. The summed E-state index contributed by atoms with van der Waals surface area (Å²) < 4.78 is 38.9. The Balaban J connectivity index is 2.35. The number of rotatable bonds is 3. The lowest BCUT2D eigenvalue weighted by Gasteiger charge is -2.08. The van der Waals surface area contributed by atoms with E-state index >= 15 is 0 Å². The van der Waals surface area contributed by atoms with Crippen LogP contribution in [0.25, 0.3) is 0 Å². The number of aryl methyl sites for hydroxylation is 1. The van der Waals surface area contributed by atoms with Crippen LogP contribution >= 0.6 is 0 Å². The SMILES string of the molecule is Cc1ccccc1Cn1nc(C(F)(F)F)cc1CO. The second kappa shape index (κ2) is 5.05. The number of aromatic nitrogens is 2. The molecule has 3 nitrogen and oxygen atoms in total. The Morgan fingerprint density at radius 3 is 2.53 bits per heavy atom. The molecule has 0 fully saturated rings. The molecule has 1 N–H and O–H groups in total. The molecule has 1 aromatic carbocycles. The molecule has 1 aromatic heterocycles. The van der Waals surface area contributed by atoms with Crippen LogP contribution in [0.4, 0.5) is 13.2 Å². The Hall–Kier alpha value is -1.82. The zero-order chi connectivity index (χ0) is 14.0. The van der Waals surface area contributed by atoms with Gasteiger partial charge in [-0.15, -0.1) is 0 Å². The molecular formula is C13H13F3N2O. The third kappa shape index (κ3) is 2.96. The minimum atomic E-state index is -4.50. The number of nitrogens with zero attached hydrogens (tertiary/aromatic N) is 2. The van der Waals surface area contributed by atoms with Crippen LogP contribution in [0.2, 0.25) is 0 Å². The Bertz CT molecular complexity index is 576. The van der Waals surface area contributed by atoms with Gasteiger partial charge in [0.05, 0.1) is 18.8 Å². The summed E-state index contributed by atoms with van der Waals surface area (Å²) in [5.41, 5.74) is 1.00. The van der Waals surface area contributed by atoms with E-state index in [-0.39, 0.29) is 12.2 Å². The summed E-state index contributed by atoms with van der Waals surface area (Å²) in [5, 5.41) is 12.6. The fourth-order valence-corrected chi connectivity index (χ4v) is 1.81. The molecule has 0 radical (unpaired) electrons. The highest BCUT2D eigenvalue weighted by molar-refractivity contribution is 5.26. The molecule has 19 heavy (non-hydrogen) atoms. The quantitative estimate of drug-likeness (QED) is 0.931. The van der Waals surface area contributed by atoms with Gasteiger partial charge in [0, 0.05) is 0 Å². The molecule has 2 aromatic rings. The molecule has 0 atom stereocenters. The lowest BCUT2D eigenvalue weighted by Crippen LogP contribution is -2.10. The van der Waals surface area contributed by atoms with E-state index in [0.717, 1.165) is 17.2 Å². The fraction of sp³-hybridized carbons (Fsp3) is 0.308. The van der Waals surface area contributed by atoms with Crippen molar-refractivity contribution in [2.24, 2.45) is 0 Å². The molecule has 0 saturated heterocycles. The van der Waals surface area contributed by atoms with Crippen LogP contribution in [-0.4, -0.2) is 14.9 Å². The number of alkyl halides is 3. The predicted octanol–water partition coefficient (Wildman–Crippen LogP) is 2.75. The zero-order valence-electron chi connectivity index (χ0n) is 10.3. The zero-order valence-corrected chi connectivity index (χ0v) is 10.3. The van der Waals surface area contributed by atoms with Crippen molar-refractivity contribution in [2.75, 3.05) is 0 Å². The van der Waals surface area contributed by atoms with Crippen LogP contribution in [0.5, 0.6) is 0 Å². The molecule has 0 saturated carbocycles. The molecule has 1 heterocycles. The molecule has 0 aliphatic carbocycles. The van der Waals surface area contributed by atoms with Crippen LogP contribution in [0.15, 0.2) is 30.3 Å². The van der Waals surface area contributed by atoms with Gasteiger partial charge in [-0.3, -0.25) is 4.68 Å². The second-order valence-corrected chi connectivity index (χ2v) is 4.26. The number of hydrogen-bond acceptors (Lipinski definition) is 2. The maximum atomic E-state index is 12.6. The number of hydrogen-bond donors (Lipinski definition) is 1. The second-order valence-electron chi connectivity index (χ2n) is 4.26. The summed E-state index contributed by atoms with van der Waals surface area (Å²) >= 11 is 0. The van der Waals surface area contributed by atoms with Crippen LogP contribution in [0.1, 0.15) is 22.5 Å². The first-order chi connectivity index (χ1) is 8.91. The molecule has 6 heteroatoms. The van der Waals surface area contributed by atoms with Crippen molar-refractivity contribution in [3.05, 3.63) is 52.8 Å².